The summed E-state index contributed by atoms with van der Waals surface area (Å²) in [7, 11) is 0. The van der Waals surface area contributed by atoms with E-state index in [1.165, 1.54) is 22.7 Å². The molecule has 3 N–H and O–H groups in total. The third-order valence-electron chi connectivity index (χ3n) is 4.66. The van der Waals surface area contributed by atoms with E-state index in [1.54, 1.807) is 0 Å². The van der Waals surface area contributed by atoms with Crippen molar-refractivity contribution in [1.82, 2.24) is 30.7 Å². The minimum atomic E-state index is -0.536. The predicted octanol–water partition coefficient (Wildman–Crippen LogP) is 3.00. The molecule has 34 heavy (non-hydrogen) atoms. The average Bonchev–Trinajstić information content (AvgIpc) is 3.45. The van der Waals surface area contributed by atoms with Gasteiger partial charge in [0.2, 0.25) is 11.6 Å². The van der Waals surface area contributed by atoms with Crippen molar-refractivity contribution in [3.05, 3.63) is 71.0 Å². The van der Waals surface area contributed by atoms with Crippen LogP contribution in [-0.4, -0.2) is 44.0 Å². The van der Waals surface area contributed by atoms with Crippen molar-refractivity contribution in [3.63, 3.8) is 0 Å². The van der Waals surface area contributed by atoms with Crippen LogP contribution in [0.1, 0.15) is 34.2 Å². The summed E-state index contributed by atoms with van der Waals surface area (Å²) >= 11 is 1.51. The van der Waals surface area contributed by atoms with E-state index in [1.807, 2.05) is 62.4 Å². The lowest BCUT2D eigenvalue weighted by molar-refractivity contribution is 0.0949. The zero-order valence-electron chi connectivity index (χ0n) is 18.5. The second-order valence-corrected chi connectivity index (χ2v) is 8.09. The molecule has 2 heterocycles. The Morgan fingerprint density at radius 3 is 2.76 bits per heavy atom. The van der Waals surface area contributed by atoms with Crippen LogP contribution < -0.4 is 15.9 Å². The number of nitrogen functional groups attached to an aromatic ring is 1. The molecule has 11 nitrogen and oxygen atoms in total. The topological polar surface area (TPSA) is 146 Å². The predicted molar refractivity (Wildman–Crippen MR) is 127 cm³/mol. The highest BCUT2D eigenvalue weighted by atomic mass is 32.2. The number of nitrogens with zero attached hydrogens (tertiary/aromatic N) is 6. The van der Waals surface area contributed by atoms with Gasteiger partial charge in [-0.15, -0.1) is 16.9 Å². The molecule has 0 aliphatic heterocycles. The lowest BCUT2D eigenvalue weighted by Crippen LogP contribution is -2.20. The van der Waals surface area contributed by atoms with Crippen LogP contribution in [0.5, 0.6) is 5.75 Å². The van der Waals surface area contributed by atoms with Crippen molar-refractivity contribution >= 4 is 29.7 Å². The number of aryl methyl sites for hydroxylation is 1. The van der Waals surface area contributed by atoms with Crippen molar-refractivity contribution < 1.29 is 14.2 Å². The third-order valence-corrected chi connectivity index (χ3v) is 5.68. The summed E-state index contributed by atoms with van der Waals surface area (Å²) in [4.78, 5) is 13.9. The van der Waals surface area contributed by atoms with Crippen molar-refractivity contribution in [2.24, 2.45) is 5.10 Å². The number of hydrogen-bond donors (Lipinski definition) is 2. The molecule has 2 aromatic carbocycles. The van der Waals surface area contributed by atoms with Crippen molar-refractivity contribution in [3.8, 4) is 11.6 Å². The number of nitrogens with one attached hydrogen (secondary N) is 1. The fourth-order valence-electron chi connectivity index (χ4n) is 2.99. The monoisotopic (exact) mass is 478 g/mol. The Bertz CT molecular complexity index is 1300. The highest BCUT2D eigenvalue weighted by molar-refractivity contribution is 7.98. The molecule has 0 atom stereocenters. The van der Waals surface area contributed by atoms with Crippen molar-refractivity contribution in [2.75, 3.05) is 12.3 Å². The minimum Gasteiger partial charge on any atom is -0.493 e. The Labute approximate surface area is 199 Å². The molecule has 4 rings (SSSR count). The fraction of sp³-hybridized carbons (Fsp3) is 0.182. The van der Waals surface area contributed by atoms with Crippen LogP contribution in [0.15, 0.2) is 63.2 Å². The zero-order valence-corrected chi connectivity index (χ0v) is 19.3. The van der Waals surface area contributed by atoms with Crippen molar-refractivity contribution in [2.45, 2.75) is 24.5 Å². The molecule has 0 unspecified atom stereocenters. The largest absolute Gasteiger partial charge is 0.493 e. The van der Waals surface area contributed by atoms with Crippen molar-refractivity contribution in [1.29, 1.82) is 0 Å². The van der Waals surface area contributed by atoms with Crippen LogP contribution >= 0.6 is 11.8 Å². The first kappa shape index (κ1) is 23.0. The van der Waals surface area contributed by atoms with Crippen LogP contribution in [-0.2, 0) is 5.75 Å². The average molecular weight is 479 g/mol. The van der Waals surface area contributed by atoms with Gasteiger partial charge in [-0.25, -0.2) is 10.1 Å². The van der Waals surface area contributed by atoms with E-state index >= 15 is 0 Å². The van der Waals surface area contributed by atoms with E-state index < -0.39 is 5.91 Å². The van der Waals surface area contributed by atoms with Gasteiger partial charge in [-0.05, 0) is 48.4 Å². The number of hydrazone groups is 1. The molecule has 0 saturated carbocycles. The fourth-order valence-corrected chi connectivity index (χ4v) is 3.88. The maximum atomic E-state index is 12.9. The molecule has 0 spiro atoms. The summed E-state index contributed by atoms with van der Waals surface area (Å²) in [5, 5.41) is 19.5. The van der Waals surface area contributed by atoms with Crippen LogP contribution in [0.4, 0.5) is 5.82 Å². The third kappa shape index (κ3) is 5.23. The molecule has 0 radical (unpaired) electrons. The van der Waals surface area contributed by atoms with E-state index in [2.05, 4.69) is 35.8 Å². The molecular weight excluding hydrogens is 456 g/mol. The number of rotatable bonds is 9. The van der Waals surface area contributed by atoms with Gasteiger partial charge in [0.25, 0.3) is 5.91 Å². The number of hydrogen-bond acceptors (Lipinski definition) is 10. The number of ether oxygens (including phenoxy) is 1. The van der Waals surface area contributed by atoms with Crippen LogP contribution in [0.3, 0.4) is 0 Å². The van der Waals surface area contributed by atoms with E-state index in [-0.39, 0.29) is 17.3 Å². The Morgan fingerprint density at radius 1 is 1.24 bits per heavy atom. The highest BCUT2D eigenvalue weighted by Gasteiger charge is 2.24. The molecule has 0 fully saturated rings. The van der Waals surface area contributed by atoms with Gasteiger partial charge in [0.15, 0.2) is 5.69 Å². The number of aromatic nitrogens is 5. The molecule has 174 valence electrons. The number of carbonyl (C=O) groups excluding carboxylic acids is 1. The molecule has 0 bridgehead atoms. The second-order valence-electron chi connectivity index (χ2n) is 7.04. The van der Waals surface area contributed by atoms with Gasteiger partial charge < -0.3 is 10.5 Å². The van der Waals surface area contributed by atoms with Crippen LogP contribution in [0.25, 0.3) is 5.82 Å². The number of carbonyl (C=O) groups is 1. The molecule has 0 saturated heterocycles. The lowest BCUT2D eigenvalue weighted by Gasteiger charge is -2.07. The Balaban J connectivity index is 1.57. The number of amides is 1. The maximum Gasteiger partial charge on any atom is 0.293 e. The SMILES string of the molecule is CCOc1ccccc1/C=N\NC(=O)c1nnn(-c2nonc2N)c1CSc1ccc(C)cc1. The molecule has 4 aromatic rings. The van der Waals surface area contributed by atoms with Gasteiger partial charge in [0.05, 0.1) is 18.5 Å². The lowest BCUT2D eigenvalue weighted by atomic mass is 10.2. The first-order valence-electron chi connectivity index (χ1n) is 10.3. The van der Waals surface area contributed by atoms with E-state index in [0.717, 1.165) is 16.0 Å². The molecular formula is C22H22N8O3S. The Morgan fingerprint density at radius 2 is 2.03 bits per heavy atom. The summed E-state index contributed by atoms with van der Waals surface area (Å²) < 4.78 is 11.6. The van der Waals surface area contributed by atoms with Gasteiger partial charge in [-0.1, -0.05) is 35.0 Å². The number of nitrogens with two attached hydrogens (primary N) is 1. The standard InChI is InChI=1S/C22H22N8O3S/c1-3-32-18-7-5-4-6-15(18)12-24-26-22(31)19-17(13-34-16-10-8-14(2)9-11-16)30(29-25-19)21-20(23)27-33-28-21/h4-12H,3,13H2,1-2H3,(H2,23,27)(H,26,31)/b24-12-. The molecule has 0 aliphatic carbocycles. The van der Waals surface area contributed by atoms with E-state index in [0.29, 0.717) is 23.8 Å². The Hall–Kier alpha value is -4.19. The normalized spacial score (nSPS) is 11.1. The van der Waals surface area contributed by atoms with Gasteiger partial charge in [-0.2, -0.15) is 9.78 Å². The van der Waals surface area contributed by atoms with E-state index in [9.17, 15) is 4.79 Å². The van der Waals surface area contributed by atoms with Gasteiger partial charge in [0, 0.05) is 16.2 Å². The van der Waals surface area contributed by atoms with Crippen LogP contribution in [0, 0.1) is 6.92 Å². The quantitative estimate of drug-likeness (QED) is 0.210. The first-order chi connectivity index (χ1) is 16.6. The van der Waals surface area contributed by atoms with Crippen LogP contribution in [0.2, 0.25) is 0 Å². The summed E-state index contributed by atoms with van der Waals surface area (Å²) in [6.07, 6.45) is 1.51. The number of benzene rings is 2. The van der Waals surface area contributed by atoms with E-state index in [4.69, 9.17) is 10.5 Å². The number of anilines is 1. The first-order valence-corrected chi connectivity index (χ1v) is 11.3. The highest BCUT2D eigenvalue weighted by Crippen LogP contribution is 2.26. The zero-order chi connectivity index (χ0) is 23.9. The second kappa shape index (κ2) is 10.6. The summed E-state index contributed by atoms with van der Waals surface area (Å²) in [6, 6.07) is 15.4. The van der Waals surface area contributed by atoms with Gasteiger partial charge in [0.1, 0.15) is 5.75 Å². The summed E-state index contributed by atoms with van der Waals surface area (Å²) in [5.41, 5.74) is 10.8. The molecule has 2 aromatic heterocycles. The summed E-state index contributed by atoms with van der Waals surface area (Å²) in [5.74, 6) is 0.676. The number of para-hydroxylation sites is 1. The maximum absolute atomic E-state index is 12.9. The minimum absolute atomic E-state index is 0.0315. The Kier molecular flexibility index (Phi) is 7.18. The molecule has 0 aliphatic rings. The van der Waals surface area contributed by atoms with Gasteiger partial charge >= 0.3 is 0 Å². The molecule has 12 heteroatoms. The summed E-state index contributed by atoms with van der Waals surface area (Å²) in [6.45, 7) is 4.43. The van der Waals surface area contributed by atoms with Gasteiger partial charge in [-0.3, -0.25) is 4.79 Å². The smallest absolute Gasteiger partial charge is 0.293 e. The number of thioether (sulfide) groups is 1. The molecule has 1 amide bonds.